The quantitative estimate of drug-likeness (QED) is 0.687. The Balaban J connectivity index is 1.96. The number of carbonyl (C=O) groups excluding carboxylic acids is 1. The Morgan fingerprint density at radius 1 is 1.00 bits per heavy atom. The molecule has 2 aliphatic rings. The highest BCUT2D eigenvalue weighted by molar-refractivity contribution is 5.82. The van der Waals surface area contributed by atoms with Crippen molar-refractivity contribution in [1.82, 2.24) is 9.80 Å². The summed E-state index contributed by atoms with van der Waals surface area (Å²) in [5.41, 5.74) is 0. The maximum absolute atomic E-state index is 12.2. The molecule has 5 nitrogen and oxygen atoms in total. The van der Waals surface area contributed by atoms with Crippen LogP contribution in [0.5, 0.6) is 0 Å². The number of halogens is 3. The third kappa shape index (κ3) is 2.16. The summed E-state index contributed by atoms with van der Waals surface area (Å²) in [6.07, 6.45) is -5.90. The second kappa shape index (κ2) is 3.78. The van der Waals surface area contributed by atoms with Crippen LogP contribution < -0.4 is 0 Å². The highest BCUT2D eigenvalue weighted by Gasteiger charge is 2.49. The van der Waals surface area contributed by atoms with E-state index >= 15 is 0 Å². The molecular weight excluding hydrogens is 241 g/mol. The van der Waals surface area contributed by atoms with Crippen molar-refractivity contribution in [2.75, 3.05) is 26.2 Å². The fraction of sp³-hybridized carbons (Fsp3) is 0.778. The molecule has 0 aromatic heterocycles. The molecule has 2 saturated heterocycles. The van der Waals surface area contributed by atoms with E-state index in [0.29, 0.717) is 0 Å². The number of amides is 2. The highest BCUT2D eigenvalue weighted by atomic mass is 19.4. The number of carbonyl (C=O) groups is 2. The molecule has 2 atom stereocenters. The van der Waals surface area contributed by atoms with Crippen molar-refractivity contribution in [2.24, 2.45) is 11.8 Å². The molecule has 0 aromatic rings. The molecule has 17 heavy (non-hydrogen) atoms. The summed E-state index contributed by atoms with van der Waals surface area (Å²) in [7, 11) is 0. The molecule has 2 unspecified atom stereocenters. The van der Waals surface area contributed by atoms with Gasteiger partial charge in [0.2, 0.25) is 0 Å². The van der Waals surface area contributed by atoms with Crippen molar-refractivity contribution >= 4 is 12.0 Å². The first-order valence-electron chi connectivity index (χ1n) is 5.13. The van der Waals surface area contributed by atoms with Gasteiger partial charge in [0.05, 0.1) is 0 Å². The van der Waals surface area contributed by atoms with Crippen LogP contribution in [0.25, 0.3) is 0 Å². The Hall–Kier alpha value is -1.47. The topological polar surface area (TPSA) is 60.9 Å². The number of hydrogen-bond acceptors (Lipinski definition) is 2. The molecule has 0 spiro atoms. The van der Waals surface area contributed by atoms with E-state index in [1.54, 1.807) is 0 Å². The molecule has 1 N–H and O–H groups in total. The largest absolute Gasteiger partial charge is 0.471 e. The molecule has 2 rings (SSSR count). The summed E-state index contributed by atoms with van der Waals surface area (Å²) in [6, 6.07) is 0. The molecule has 0 aromatic carbocycles. The monoisotopic (exact) mass is 252 g/mol. The van der Waals surface area contributed by atoms with Crippen LogP contribution in [0.1, 0.15) is 0 Å². The lowest BCUT2D eigenvalue weighted by molar-refractivity contribution is -0.184. The lowest BCUT2D eigenvalue weighted by Crippen LogP contribution is -2.41. The first-order chi connectivity index (χ1) is 7.79. The fourth-order valence-corrected chi connectivity index (χ4v) is 2.49. The van der Waals surface area contributed by atoms with Gasteiger partial charge in [-0.05, 0) is 0 Å². The van der Waals surface area contributed by atoms with Crippen LogP contribution in [-0.2, 0) is 4.79 Å². The normalized spacial score (nSPS) is 28.4. The third-order valence-corrected chi connectivity index (χ3v) is 3.29. The summed E-state index contributed by atoms with van der Waals surface area (Å²) < 4.78 is 36.6. The number of hydrogen-bond donors (Lipinski definition) is 1. The summed E-state index contributed by atoms with van der Waals surface area (Å²) in [6.45, 7) is 0.406. The number of nitrogens with zero attached hydrogens (tertiary/aromatic N) is 2. The molecule has 8 heteroatoms. The van der Waals surface area contributed by atoms with Crippen molar-refractivity contribution < 1.29 is 27.9 Å². The molecule has 2 heterocycles. The Labute approximate surface area is 94.8 Å². The van der Waals surface area contributed by atoms with Gasteiger partial charge in [-0.2, -0.15) is 13.2 Å². The average molecular weight is 252 g/mol. The Kier molecular flexibility index (Phi) is 2.67. The lowest BCUT2D eigenvalue weighted by Gasteiger charge is -2.20. The number of likely N-dealkylation sites (tertiary alicyclic amines) is 2. The van der Waals surface area contributed by atoms with Gasteiger partial charge in [-0.1, -0.05) is 0 Å². The van der Waals surface area contributed by atoms with Gasteiger partial charge in [-0.15, -0.1) is 0 Å². The van der Waals surface area contributed by atoms with Crippen molar-refractivity contribution in [3.63, 3.8) is 0 Å². The van der Waals surface area contributed by atoms with E-state index in [2.05, 4.69) is 0 Å². The van der Waals surface area contributed by atoms with Crippen LogP contribution in [0.3, 0.4) is 0 Å². The van der Waals surface area contributed by atoms with Gasteiger partial charge in [0.15, 0.2) is 0 Å². The van der Waals surface area contributed by atoms with Crippen LogP contribution >= 0.6 is 0 Å². The van der Waals surface area contributed by atoms with Crippen molar-refractivity contribution in [1.29, 1.82) is 0 Å². The van der Waals surface area contributed by atoms with E-state index in [9.17, 15) is 22.8 Å². The Morgan fingerprint density at radius 3 is 1.76 bits per heavy atom. The smallest absolute Gasteiger partial charge is 0.465 e. The van der Waals surface area contributed by atoms with Gasteiger partial charge in [0.1, 0.15) is 0 Å². The van der Waals surface area contributed by atoms with Gasteiger partial charge in [0, 0.05) is 38.0 Å². The maximum Gasteiger partial charge on any atom is 0.471 e. The van der Waals surface area contributed by atoms with Crippen LogP contribution in [0.2, 0.25) is 0 Å². The first-order valence-corrected chi connectivity index (χ1v) is 5.13. The highest BCUT2D eigenvalue weighted by Crippen LogP contribution is 2.33. The first kappa shape index (κ1) is 12.0. The van der Waals surface area contributed by atoms with Gasteiger partial charge in [-0.25, -0.2) is 4.79 Å². The van der Waals surface area contributed by atoms with Gasteiger partial charge in [0.25, 0.3) is 0 Å². The van der Waals surface area contributed by atoms with Crippen molar-refractivity contribution in [3.05, 3.63) is 0 Å². The molecule has 2 aliphatic heterocycles. The summed E-state index contributed by atoms with van der Waals surface area (Å²) in [4.78, 5) is 23.6. The second-order valence-electron chi connectivity index (χ2n) is 4.42. The average Bonchev–Trinajstić information content (AvgIpc) is 2.70. The Morgan fingerprint density at radius 2 is 1.41 bits per heavy atom. The molecule has 0 aliphatic carbocycles. The number of fused-ring (bicyclic) bond motifs is 1. The predicted molar refractivity (Wildman–Crippen MR) is 49.2 cm³/mol. The second-order valence-corrected chi connectivity index (χ2v) is 4.42. The van der Waals surface area contributed by atoms with Crippen LogP contribution in [0, 0.1) is 11.8 Å². The minimum absolute atomic E-state index is 0.00715. The SMILES string of the molecule is O=C(O)N1CC2CN(C(=O)C(F)(F)F)CC2C1. The molecule has 0 radical (unpaired) electrons. The summed E-state index contributed by atoms with van der Waals surface area (Å²) in [5.74, 6) is -2.16. The van der Waals surface area contributed by atoms with E-state index in [0.717, 1.165) is 4.90 Å². The van der Waals surface area contributed by atoms with Gasteiger partial charge in [-0.3, -0.25) is 4.79 Å². The predicted octanol–water partition coefficient (Wildman–Crippen LogP) is 0.617. The molecule has 2 fully saturated rings. The van der Waals surface area contributed by atoms with E-state index in [4.69, 9.17) is 5.11 Å². The van der Waals surface area contributed by atoms with Crippen LogP contribution in [0.4, 0.5) is 18.0 Å². The third-order valence-electron chi connectivity index (χ3n) is 3.29. The molecule has 96 valence electrons. The van der Waals surface area contributed by atoms with Crippen LogP contribution in [-0.4, -0.2) is 59.3 Å². The van der Waals surface area contributed by atoms with Crippen molar-refractivity contribution in [2.45, 2.75) is 6.18 Å². The number of carboxylic acid groups (broad SMARTS) is 1. The van der Waals surface area contributed by atoms with Crippen molar-refractivity contribution in [3.8, 4) is 0 Å². The van der Waals surface area contributed by atoms with Crippen LogP contribution in [0.15, 0.2) is 0 Å². The van der Waals surface area contributed by atoms with E-state index in [1.165, 1.54) is 4.90 Å². The summed E-state index contributed by atoms with van der Waals surface area (Å²) >= 11 is 0. The number of alkyl halides is 3. The maximum atomic E-state index is 12.2. The minimum atomic E-state index is -4.84. The molecule has 0 bridgehead atoms. The van der Waals surface area contributed by atoms with Gasteiger partial charge < -0.3 is 14.9 Å². The zero-order chi connectivity index (χ0) is 12.8. The van der Waals surface area contributed by atoms with E-state index < -0.39 is 18.2 Å². The Bertz CT molecular complexity index is 344. The molecule has 0 saturated carbocycles. The standard InChI is InChI=1S/C9H11F3N2O3/c10-9(11,12)7(15)13-1-5-3-14(8(16)17)4-6(5)2-13/h5-6H,1-4H2,(H,16,17). The van der Waals surface area contributed by atoms with Gasteiger partial charge >= 0.3 is 18.2 Å². The van der Waals surface area contributed by atoms with E-state index in [1.807, 2.05) is 0 Å². The van der Waals surface area contributed by atoms with E-state index in [-0.39, 0.29) is 38.0 Å². The lowest BCUT2D eigenvalue weighted by atomic mass is 10.0. The zero-order valence-corrected chi connectivity index (χ0v) is 8.78. The zero-order valence-electron chi connectivity index (χ0n) is 8.78. The minimum Gasteiger partial charge on any atom is -0.465 e. The molecule has 2 amide bonds. The summed E-state index contributed by atoms with van der Waals surface area (Å²) in [5, 5.41) is 8.74. The molecular formula is C9H11F3N2O3. The fourth-order valence-electron chi connectivity index (χ4n) is 2.49. The number of rotatable bonds is 0.